The third-order valence-electron chi connectivity index (χ3n) is 4.36. The number of rotatable bonds is 3. The number of benzene rings is 1. The van der Waals surface area contributed by atoms with Gasteiger partial charge in [-0.2, -0.15) is 5.10 Å². The molecular formula is C16H18N6. The number of aromatic nitrogens is 6. The fraction of sp³-hybridized carbons (Fsp3) is 0.375. The summed E-state index contributed by atoms with van der Waals surface area (Å²) >= 11 is 0. The Hall–Kier alpha value is -2.50. The van der Waals surface area contributed by atoms with Crippen LogP contribution >= 0.6 is 0 Å². The lowest BCUT2D eigenvalue weighted by atomic mass is 9.92. The molecule has 0 spiro atoms. The molecule has 6 nitrogen and oxygen atoms in total. The Bertz CT molecular complexity index is 731. The van der Waals surface area contributed by atoms with Crippen molar-refractivity contribution in [1.82, 2.24) is 29.5 Å². The van der Waals surface area contributed by atoms with E-state index < -0.39 is 0 Å². The van der Waals surface area contributed by atoms with Gasteiger partial charge in [-0.05, 0) is 24.3 Å². The summed E-state index contributed by atoms with van der Waals surface area (Å²) in [4.78, 5) is 3.98. The molecule has 1 aliphatic rings. The van der Waals surface area contributed by atoms with Crippen molar-refractivity contribution in [1.29, 1.82) is 0 Å². The number of fused-ring (bicyclic) bond motifs is 1. The molecule has 0 aliphatic carbocycles. The van der Waals surface area contributed by atoms with Crippen molar-refractivity contribution < 1.29 is 0 Å². The molecule has 1 aliphatic heterocycles. The van der Waals surface area contributed by atoms with Crippen LogP contribution in [-0.2, 0) is 19.5 Å². The second kappa shape index (κ2) is 5.71. The van der Waals surface area contributed by atoms with Gasteiger partial charge >= 0.3 is 0 Å². The van der Waals surface area contributed by atoms with Crippen molar-refractivity contribution in [3.05, 3.63) is 60.2 Å². The Labute approximate surface area is 128 Å². The maximum atomic E-state index is 4.38. The number of nitrogens with zero attached hydrogens (tertiary/aromatic N) is 6. The van der Waals surface area contributed by atoms with Gasteiger partial charge in [-0.25, -0.2) is 9.67 Å². The van der Waals surface area contributed by atoms with Crippen LogP contribution in [0.25, 0.3) is 0 Å². The van der Waals surface area contributed by atoms with Crippen LogP contribution in [0.4, 0.5) is 0 Å². The zero-order chi connectivity index (χ0) is 14.8. The highest BCUT2D eigenvalue weighted by Crippen LogP contribution is 2.29. The van der Waals surface area contributed by atoms with Gasteiger partial charge in [0.25, 0.3) is 0 Å². The molecule has 0 N–H and O–H groups in total. The fourth-order valence-corrected chi connectivity index (χ4v) is 3.18. The van der Waals surface area contributed by atoms with Crippen LogP contribution in [0.1, 0.15) is 36.0 Å². The first-order valence-corrected chi connectivity index (χ1v) is 7.68. The van der Waals surface area contributed by atoms with Crippen LogP contribution in [0.5, 0.6) is 0 Å². The lowest BCUT2D eigenvalue weighted by Crippen LogP contribution is -2.11. The molecule has 3 aromatic rings. The molecule has 0 amide bonds. The summed E-state index contributed by atoms with van der Waals surface area (Å²) in [6.45, 7) is 1.59. The molecule has 1 unspecified atom stereocenters. The zero-order valence-electron chi connectivity index (χ0n) is 12.3. The molecule has 2 aromatic heterocycles. The average molecular weight is 294 g/mol. The van der Waals surface area contributed by atoms with E-state index in [9.17, 15) is 0 Å². The minimum absolute atomic E-state index is 0.599. The minimum Gasteiger partial charge on any atom is -0.313 e. The van der Waals surface area contributed by atoms with Crippen LogP contribution in [0, 0.1) is 0 Å². The Morgan fingerprint density at radius 1 is 1.09 bits per heavy atom. The topological polar surface area (TPSA) is 61.4 Å². The maximum absolute atomic E-state index is 4.38. The van der Waals surface area contributed by atoms with Gasteiger partial charge in [0.15, 0.2) is 5.82 Å². The van der Waals surface area contributed by atoms with E-state index in [2.05, 4.69) is 55.2 Å². The van der Waals surface area contributed by atoms with Gasteiger partial charge in [0, 0.05) is 13.0 Å². The highest BCUT2D eigenvalue weighted by atomic mass is 15.4. The zero-order valence-corrected chi connectivity index (χ0v) is 12.3. The lowest BCUT2D eigenvalue weighted by Gasteiger charge is -2.14. The fourth-order valence-electron chi connectivity index (χ4n) is 3.18. The molecule has 112 valence electrons. The molecule has 0 fully saturated rings. The van der Waals surface area contributed by atoms with E-state index in [1.165, 1.54) is 5.56 Å². The Balaban J connectivity index is 1.54. The van der Waals surface area contributed by atoms with Crippen LogP contribution in [0.2, 0.25) is 0 Å². The molecular weight excluding hydrogens is 276 g/mol. The lowest BCUT2D eigenvalue weighted by molar-refractivity contribution is 0.533. The monoisotopic (exact) mass is 294 g/mol. The van der Waals surface area contributed by atoms with Gasteiger partial charge in [-0.15, -0.1) is 10.2 Å². The van der Waals surface area contributed by atoms with Gasteiger partial charge < -0.3 is 4.57 Å². The van der Waals surface area contributed by atoms with Crippen LogP contribution < -0.4 is 0 Å². The summed E-state index contributed by atoms with van der Waals surface area (Å²) in [5.41, 5.74) is 1.43. The second-order valence-corrected chi connectivity index (χ2v) is 5.71. The summed E-state index contributed by atoms with van der Waals surface area (Å²) in [6.07, 6.45) is 6.49. The van der Waals surface area contributed by atoms with E-state index in [0.29, 0.717) is 12.5 Å². The van der Waals surface area contributed by atoms with Gasteiger partial charge in [-0.1, -0.05) is 30.3 Å². The summed E-state index contributed by atoms with van der Waals surface area (Å²) in [6, 6.07) is 10.8. The average Bonchev–Trinajstić information content (AvgIpc) is 3.15. The number of hydrogen-bond acceptors (Lipinski definition) is 4. The SMILES string of the molecule is c1ccc(C2CCc3nnc(Cn4cncn4)n3CC2)cc1. The number of hydrogen-bond donors (Lipinski definition) is 0. The summed E-state index contributed by atoms with van der Waals surface area (Å²) in [5, 5.41) is 12.9. The molecule has 6 heteroatoms. The first kappa shape index (κ1) is 13.2. The van der Waals surface area contributed by atoms with E-state index in [1.807, 2.05) is 0 Å². The van der Waals surface area contributed by atoms with Crippen LogP contribution in [0.15, 0.2) is 43.0 Å². The summed E-state index contributed by atoms with van der Waals surface area (Å²) < 4.78 is 4.04. The summed E-state index contributed by atoms with van der Waals surface area (Å²) in [5.74, 6) is 2.66. The Kier molecular flexibility index (Phi) is 3.42. The van der Waals surface area contributed by atoms with Crippen LogP contribution in [-0.4, -0.2) is 29.5 Å². The number of aryl methyl sites for hydroxylation is 1. The van der Waals surface area contributed by atoms with E-state index in [0.717, 1.165) is 37.5 Å². The van der Waals surface area contributed by atoms with E-state index in [4.69, 9.17) is 0 Å². The van der Waals surface area contributed by atoms with Crippen molar-refractivity contribution in [3.63, 3.8) is 0 Å². The van der Waals surface area contributed by atoms with E-state index in [1.54, 1.807) is 17.3 Å². The first-order valence-electron chi connectivity index (χ1n) is 7.68. The van der Waals surface area contributed by atoms with Gasteiger partial charge in [0.1, 0.15) is 25.0 Å². The third kappa shape index (κ3) is 2.52. The van der Waals surface area contributed by atoms with E-state index in [-0.39, 0.29) is 0 Å². The van der Waals surface area contributed by atoms with E-state index >= 15 is 0 Å². The molecule has 1 aromatic carbocycles. The third-order valence-corrected chi connectivity index (χ3v) is 4.36. The van der Waals surface area contributed by atoms with Crippen molar-refractivity contribution in [3.8, 4) is 0 Å². The molecule has 4 rings (SSSR count). The van der Waals surface area contributed by atoms with Gasteiger partial charge in [-0.3, -0.25) is 0 Å². The smallest absolute Gasteiger partial charge is 0.154 e. The summed E-state index contributed by atoms with van der Waals surface area (Å²) in [7, 11) is 0. The Morgan fingerprint density at radius 3 is 2.82 bits per heavy atom. The normalized spacial score (nSPS) is 17.9. The molecule has 0 saturated heterocycles. The predicted molar refractivity (Wildman–Crippen MR) is 81.3 cm³/mol. The van der Waals surface area contributed by atoms with Crippen molar-refractivity contribution in [2.45, 2.75) is 38.3 Å². The molecule has 0 bridgehead atoms. The first-order chi connectivity index (χ1) is 10.9. The van der Waals surface area contributed by atoms with Gasteiger partial charge in [0.2, 0.25) is 0 Å². The minimum atomic E-state index is 0.599. The van der Waals surface area contributed by atoms with Crippen molar-refractivity contribution >= 4 is 0 Å². The van der Waals surface area contributed by atoms with Crippen molar-refractivity contribution in [2.24, 2.45) is 0 Å². The highest BCUT2D eigenvalue weighted by molar-refractivity contribution is 5.20. The largest absolute Gasteiger partial charge is 0.313 e. The molecule has 3 heterocycles. The molecule has 22 heavy (non-hydrogen) atoms. The van der Waals surface area contributed by atoms with Crippen LogP contribution in [0.3, 0.4) is 0 Å². The molecule has 0 saturated carbocycles. The van der Waals surface area contributed by atoms with Gasteiger partial charge in [0.05, 0.1) is 0 Å². The Morgan fingerprint density at radius 2 is 2.00 bits per heavy atom. The quantitative estimate of drug-likeness (QED) is 0.741. The standard InChI is InChI=1S/C16H18N6/c1-2-4-13(5-3-1)14-6-7-15-19-20-16(22(15)9-8-14)10-21-12-17-11-18-21/h1-5,11-12,14H,6-10H2. The molecule has 0 radical (unpaired) electrons. The highest BCUT2D eigenvalue weighted by Gasteiger charge is 2.21. The van der Waals surface area contributed by atoms with Crippen molar-refractivity contribution in [2.75, 3.05) is 0 Å². The molecule has 1 atom stereocenters. The maximum Gasteiger partial charge on any atom is 0.154 e. The second-order valence-electron chi connectivity index (χ2n) is 5.71. The predicted octanol–water partition coefficient (Wildman–Crippen LogP) is 2.04.